The van der Waals surface area contributed by atoms with Crippen LogP contribution < -0.4 is 0 Å². The number of aryl methyl sites for hydroxylation is 1. The van der Waals surface area contributed by atoms with Crippen molar-refractivity contribution in [3.05, 3.63) is 36.0 Å². The largest absolute Gasteiger partial charge is 0.464 e. The van der Waals surface area contributed by atoms with Crippen LogP contribution >= 0.6 is 0 Å². The minimum absolute atomic E-state index is 0.334. The van der Waals surface area contributed by atoms with Gasteiger partial charge in [-0.05, 0) is 13.0 Å². The molecule has 0 spiro atoms. The lowest BCUT2D eigenvalue weighted by atomic mass is 10.4. The molecule has 0 radical (unpaired) electrons. The predicted octanol–water partition coefficient (Wildman–Crippen LogP) is 0.757. The molecule has 6 heteroatoms. The molecule has 16 heavy (non-hydrogen) atoms. The second-order valence-electron chi connectivity index (χ2n) is 3.14. The molecule has 0 aliphatic carbocycles. The van der Waals surface area contributed by atoms with E-state index in [0.29, 0.717) is 17.2 Å². The van der Waals surface area contributed by atoms with Crippen LogP contribution in [0.1, 0.15) is 16.2 Å². The second kappa shape index (κ2) is 4.09. The number of hydrogen-bond acceptors (Lipinski definition) is 5. The number of nitrogens with zero attached hydrogens (tertiary/aromatic N) is 4. The van der Waals surface area contributed by atoms with Gasteiger partial charge in [0.15, 0.2) is 11.5 Å². The molecule has 82 valence electrons. The molecule has 0 amide bonds. The number of rotatable bonds is 2. The summed E-state index contributed by atoms with van der Waals surface area (Å²) in [4.78, 5) is 19.5. The number of hydrogen-bond donors (Lipinski definition) is 0. The van der Waals surface area contributed by atoms with Crippen LogP contribution in [0.25, 0.3) is 5.82 Å². The van der Waals surface area contributed by atoms with Gasteiger partial charge in [0.1, 0.15) is 0 Å². The average molecular weight is 218 g/mol. The molecule has 6 nitrogen and oxygen atoms in total. The molecule has 0 saturated carbocycles. The van der Waals surface area contributed by atoms with Gasteiger partial charge in [-0.3, -0.25) is 4.98 Å². The summed E-state index contributed by atoms with van der Waals surface area (Å²) in [5.41, 5.74) is 1.05. The Hall–Kier alpha value is -2.24. The number of methoxy groups -OCH3 is 1. The number of aromatic nitrogens is 4. The highest BCUT2D eigenvalue weighted by Crippen LogP contribution is 2.10. The van der Waals surface area contributed by atoms with E-state index >= 15 is 0 Å². The van der Waals surface area contributed by atoms with E-state index in [1.165, 1.54) is 24.2 Å². The Morgan fingerprint density at radius 1 is 1.44 bits per heavy atom. The van der Waals surface area contributed by atoms with Crippen molar-refractivity contribution in [3.63, 3.8) is 0 Å². The van der Waals surface area contributed by atoms with Crippen molar-refractivity contribution in [2.45, 2.75) is 6.92 Å². The smallest absolute Gasteiger partial charge is 0.356 e. The zero-order valence-electron chi connectivity index (χ0n) is 8.91. The highest BCUT2D eigenvalue weighted by molar-refractivity contribution is 5.88. The van der Waals surface area contributed by atoms with E-state index in [9.17, 15) is 4.79 Å². The molecule has 0 bridgehead atoms. The fraction of sp³-hybridized carbons (Fsp3) is 0.200. The van der Waals surface area contributed by atoms with E-state index in [4.69, 9.17) is 0 Å². The van der Waals surface area contributed by atoms with Gasteiger partial charge < -0.3 is 4.74 Å². The lowest BCUT2D eigenvalue weighted by Crippen LogP contribution is -2.11. The van der Waals surface area contributed by atoms with E-state index in [1.54, 1.807) is 19.2 Å². The first-order valence-corrected chi connectivity index (χ1v) is 4.63. The minimum Gasteiger partial charge on any atom is -0.464 e. The fourth-order valence-electron chi connectivity index (χ4n) is 1.32. The molecule has 0 unspecified atom stereocenters. The molecule has 0 aromatic carbocycles. The monoisotopic (exact) mass is 218 g/mol. The van der Waals surface area contributed by atoms with Crippen LogP contribution in [0.4, 0.5) is 0 Å². The summed E-state index contributed by atoms with van der Waals surface area (Å²) in [5.74, 6) is 0.0299. The molecule has 2 aromatic rings. The third kappa shape index (κ3) is 1.77. The average Bonchev–Trinajstić information content (AvgIpc) is 2.71. The summed E-state index contributed by atoms with van der Waals surface area (Å²) in [7, 11) is 1.33. The van der Waals surface area contributed by atoms with Gasteiger partial charge in [-0.15, -0.1) is 0 Å². The van der Waals surface area contributed by atoms with Crippen molar-refractivity contribution >= 4 is 5.97 Å². The predicted molar refractivity (Wildman–Crippen MR) is 55.2 cm³/mol. The summed E-state index contributed by atoms with van der Waals surface area (Å²) in [5, 5.41) is 4.16. The highest BCUT2D eigenvalue weighted by Gasteiger charge is 2.16. The molecule has 0 N–H and O–H groups in total. The van der Waals surface area contributed by atoms with Crippen molar-refractivity contribution in [1.82, 2.24) is 19.7 Å². The van der Waals surface area contributed by atoms with E-state index in [2.05, 4.69) is 19.8 Å². The lowest BCUT2D eigenvalue weighted by molar-refractivity contribution is 0.0590. The Balaban J connectivity index is 2.53. The van der Waals surface area contributed by atoms with Crippen LogP contribution in [0.15, 0.2) is 24.7 Å². The van der Waals surface area contributed by atoms with Gasteiger partial charge in [-0.25, -0.2) is 14.5 Å². The van der Waals surface area contributed by atoms with Gasteiger partial charge in [0, 0.05) is 12.4 Å². The SMILES string of the molecule is COC(=O)c1cc(C)nn1-c1cnccn1. The van der Waals surface area contributed by atoms with Crippen LogP contribution in [-0.2, 0) is 4.74 Å². The second-order valence-corrected chi connectivity index (χ2v) is 3.14. The summed E-state index contributed by atoms with van der Waals surface area (Å²) in [6.07, 6.45) is 4.62. The van der Waals surface area contributed by atoms with Gasteiger partial charge in [0.05, 0.1) is 19.0 Å². The third-order valence-electron chi connectivity index (χ3n) is 1.99. The Labute approximate surface area is 91.9 Å². The summed E-state index contributed by atoms with van der Waals surface area (Å²) < 4.78 is 6.07. The van der Waals surface area contributed by atoms with Crippen LogP contribution in [0.2, 0.25) is 0 Å². The zero-order chi connectivity index (χ0) is 11.5. The van der Waals surface area contributed by atoms with Crippen LogP contribution in [0, 0.1) is 6.92 Å². The molecular weight excluding hydrogens is 208 g/mol. The molecular formula is C10H10N4O2. The van der Waals surface area contributed by atoms with E-state index in [-0.39, 0.29) is 0 Å². The van der Waals surface area contributed by atoms with Crippen molar-refractivity contribution in [2.24, 2.45) is 0 Å². The topological polar surface area (TPSA) is 69.9 Å². The maximum atomic E-state index is 11.5. The maximum Gasteiger partial charge on any atom is 0.356 e. The van der Waals surface area contributed by atoms with Crippen LogP contribution in [-0.4, -0.2) is 32.8 Å². The summed E-state index contributed by atoms with van der Waals surface area (Å²) >= 11 is 0. The van der Waals surface area contributed by atoms with Crippen molar-refractivity contribution < 1.29 is 9.53 Å². The first-order chi connectivity index (χ1) is 7.72. The van der Waals surface area contributed by atoms with E-state index in [1.807, 2.05) is 0 Å². The number of carbonyl (C=O) groups excluding carboxylic acids is 1. The lowest BCUT2D eigenvalue weighted by Gasteiger charge is -2.03. The van der Waals surface area contributed by atoms with E-state index in [0.717, 1.165) is 0 Å². The quantitative estimate of drug-likeness (QED) is 0.696. The Kier molecular flexibility index (Phi) is 2.63. The highest BCUT2D eigenvalue weighted by atomic mass is 16.5. The molecule has 2 rings (SSSR count). The van der Waals surface area contributed by atoms with E-state index < -0.39 is 5.97 Å². The Bertz CT molecular complexity index is 507. The third-order valence-corrected chi connectivity index (χ3v) is 1.99. The Morgan fingerprint density at radius 3 is 2.88 bits per heavy atom. The molecule has 2 aromatic heterocycles. The van der Waals surface area contributed by atoms with Gasteiger partial charge in [-0.2, -0.15) is 5.10 Å². The fourth-order valence-corrected chi connectivity index (χ4v) is 1.32. The van der Waals surface area contributed by atoms with Gasteiger partial charge in [0.25, 0.3) is 0 Å². The van der Waals surface area contributed by atoms with Crippen molar-refractivity contribution in [2.75, 3.05) is 7.11 Å². The molecule has 0 fully saturated rings. The van der Waals surface area contributed by atoms with Crippen molar-refractivity contribution in [3.8, 4) is 5.82 Å². The molecule has 0 aliphatic heterocycles. The molecule has 0 saturated heterocycles. The Morgan fingerprint density at radius 2 is 2.25 bits per heavy atom. The summed E-state index contributed by atoms with van der Waals surface area (Å²) in [6.45, 7) is 1.79. The number of carbonyl (C=O) groups is 1. The van der Waals surface area contributed by atoms with Gasteiger partial charge in [0.2, 0.25) is 0 Å². The zero-order valence-corrected chi connectivity index (χ0v) is 8.91. The first-order valence-electron chi connectivity index (χ1n) is 4.63. The first kappa shape index (κ1) is 10.3. The normalized spacial score (nSPS) is 10.1. The number of esters is 1. The minimum atomic E-state index is -0.453. The van der Waals surface area contributed by atoms with Gasteiger partial charge in [-0.1, -0.05) is 0 Å². The van der Waals surface area contributed by atoms with Crippen molar-refractivity contribution in [1.29, 1.82) is 0 Å². The molecule has 2 heterocycles. The number of ether oxygens (including phenoxy) is 1. The summed E-state index contributed by atoms with van der Waals surface area (Å²) in [6, 6.07) is 1.64. The van der Waals surface area contributed by atoms with Crippen LogP contribution in [0.5, 0.6) is 0 Å². The molecule has 0 aliphatic rings. The standard InChI is InChI=1S/C10H10N4O2/c1-7-5-8(10(15)16-2)14(13-7)9-6-11-3-4-12-9/h3-6H,1-2H3. The maximum absolute atomic E-state index is 11.5. The molecule has 0 atom stereocenters. The van der Waals surface area contributed by atoms with Gasteiger partial charge >= 0.3 is 5.97 Å². The van der Waals surface area contributed by atoms with Crippen LogP contribution in [0.3, 0.4) is 0 Å².